The molecule has 2 heteroatoms. The highest BCUT2D eigenvalue weighted by molar-refractivity contribution is 6.30. The molecule has 2 rings (SSSR count). The zero-order valence-electron chi connectivity index (χ0n) is 12.4. The van der Waals surface area contributed by atoms with Crippen molar-refractivity contribution < 1.29 is 0 Å². The van der Waals surface area contributed by atoms with Crippen LogP contribution < -0.4 is 5.73 Å². The first-order valence-corrected chi connectivity index (χ1v) is 7.58. The van der Waals surface area contributed by atoms with E-state index in [1.54, 1.807) is 0 Å². The Hall–Kier alpha value is -1.31. The third kappa shape index (κ3) is 3.05. The van der Waals surface area contributed by atoms with Crippen LogP contribution in [0.4, 0.5) is 0 Å². The first-order chi connectivity index (χ1) is 9.56. The fourth-order valence-corrected chi connectivity index (χ4v) is 2.91. The van der Waals surface area contributed by atoms with Crippen molar-refractivity contribution in [2.24, 2.45) is 5.73 Å². The van der Waals surface area contributed by atoms with Crippen LogP contribution in [0, 0.1) is 6.92 Å². The molecule has 0 saturated carbocycles. The van der Waals surface area contributed by atoms with Crippen LogP contribution in [-0.4, -0.2) is 0 Å². The molecule has 0 aliphatic heterocycles. The Balaban J connectivity index is 2.40. The van der Waals surface area contributed by atoms with Gasteiger partial charge in [0, 0.05) is 5.02 Å². The van der Waals surface area contributed by atoms with Gasteiger partial charge in [-0.25, -0.2) is 0 Å². The highest BCUT2D eigenvalue weighted by Gasteiger charge is 2.13. The molecule has 1 unspecified atom stereocenters. The van der Waals surface area contributed by atoms with Crippen LogP contribution in [0.3, 0.4) is 0 Å². The maximum Gasteiger partial charge on any atom is 0.0554 e. The van der Waals surface area contributed by atoms with Crippen molar-refractivity contribution in [1.29, 1.82) is 0 Å². The lowest BCUT2D eigenvalue weighted by atomic mass is 9.92. The Morgan fingerprint density at radius 2 is 1.70 bits per heavy atom. The molecule has 20 heavy (non-hydrogen) atoms. The minimum atomic E-state index is -0.0940. The molecule has 0 aliphatic rings. The van der Waals surface area contributed by atoms with Crippen molar-refractivity contribution in [3.63, 3.8) is 0 Å². The Bertz CT molecular complexity index is 604. The number of rotatable bonds is 4. The topological polar surface area (TPSA) is 26.0 Å². The number of nitrogens with two attached hydrogens (primary N) is 1. The number of benzene rings is 2. The van der Waals surface area contributed by atoms with Gasteiger partial charge in [-0.1, -0.05) is 49.7 Å². The molecular weight excluding hydrogens is 266 g/mol. The molecule has 0 radical (unpaired) electrons. The summed E-state index contributed by atoms with van der Waals surface area (Å²) in [4.78, 5) is 0. The summed E-state index contributed by atoms with van der Waals surface area (Å²) in [7, 11) is 0. The van der Waals surface area contributed by atoms with Gasteiger partial charge < -0.3 is 5.73 Å². The summed E-state index contributed by atoms with van der Waals surface area (Å²) in [6.07, 6.45) is 2.11. The normalized spacial score (nSPS) is 12.4. The van der Waals surface area contributed by atoms with Gasteiger partial charge in [-0.15, -0.1) is 0 Å². The van der Waals surface area contributed by atoms with Gasteiger partial charge in [0.05, 0.1) is 6.04 Å². The van der Waals surface area contributed by atoms with E-state index in [1.165, 1.54) is 16.7 Å². The fraction of sp³-hybridized carbons (Fsp3) is 0.333. The van der Waals surface area contributed by atoms with E-state index in [1.807, 2.05) is 18.2 Å². The predicted octanol–water partition coefficient (Wildman–Crippen LogP) is 4.82. The average molecular weight is 288 g/mol. The molecule has 106 valence electrons. The molecule has 0 amide bonds. The van der Waals surface area contributed by atoms with E-state index >= 15 is 0 Å². The molecule has 0 aliphatic carbocycles. The summed E-state index contributed by atoms with van der Waals surface area (Å²) in [6, 6.07) is 12.4. The third-order valence-corrected chi connectivity index (χ3v) is 4.15. The maximum atomic E-state index is 6.44. The van der Waals surface area contributed by atoms with E-state index in [9.17, 15) is 0 Å². The van der Waals surface area contributed by atoms with Crippen molar-refractivity contribution in [3.05, 3.63) is 69.2 Å². The van der Waals surface area contributed by atoms with Crippen molar-refractivity contribution in [2.75, 3.05) is 0 Å². The zero-order valence-corrected chi connectivity index (χ0v) is 13.2. The van der Waals surface area contributed by atoms with Gasteiger partial charge in [0.1, 0.15) is 0 Å². The van der Waals surface area contributed by atoms with Gasteiger partial charge in [-0.05, 0) is 59.7 Å². The van der Waals surface area contributed by atoms with Gasteiger partial charge in [-0.2, -0.15) is 0 Å². The van der Waals surface area contributed by atoms with E-state index in [4.69, 9.17) is 17.3 Å². The average Bonchev–Trinajstić information content (AvgIpc) is 2.45. The molecule has 2 aromatic carbocycles. The van der Waals surface area contributed by atoms with Gasteiger partial charge in [0.2, 0.25) is 0 Å². The summed E-state index contributed by atoms with van der Waals surface area (Å²) < 4.78 is 0. The SMILES string of the molecule is CCc1ccc(C(N)c2ccc(Cl)cc2C)cc1CC. The van der Waals surface area contributed by atoms with E-state index < -0.39 is 0 Å². The van der Waals surface area contributed by atoms with Gasteiger partial charge >= 0.3 is 0 Å². The second-order valence-electron chi connectivity index (χ2n) is 5.21. The number of aryl methyl sites for hydroxylation is 3. The van der Waals surface area contributed by atoms with Crippen LogP contribution in [0.15, 0.2) is 36.4 Å². The summed E-state index contributed by atoms with van der Waals surface area (Å²) in [5.74, 6) is 0. The molecule has 0 heterocycles. The molecule has 0 fully saturated rings. The van der Waals surface area contributed by atoms with E-state index in [-0.39, 0.29) is 6.04 Å². The molecule has 0 saturated heterocycles. The standard InChI is InChI=1S/C18H22ClN/c1-4-13-6-7-15(11-14(13)5-2)18(20)17-9-8-16(19)10-12(17)3/h6-11,18H,4-5,20H2,1-3H3. The fourth-order valence-electron chi connectivity index (χ4n) is 2.68. The van der Waals surface area contributed by atoms with Gasteiger partial charge in [0.15, 0.2) is 0 Å². The van der Waals surface area contributed by atoms with Crippen LogP contribution in [0.5, 0.6) is 0 Å². The predicted molar refractivity (Wildman–Crippen MR) is 87.4 cm³/mol. The van der Waals surface area contributed by atoms with E-state index in [2.05, 4.69) is 39.0 Å². The summed E-state index contributed by atoms with van der Waals surface area (Å²) in [6.45, 7) is 6.44. The van der Waals surface area contributed by atoms with Crippen LogP contribution >= 0.6 is 11.6 Å². The lowest BCUT2D eigenvalue weighted by Crippen LogP contribution is -2.14. The smallest absolute Gasteiger partial charge is 0.0554 e. The van der Waals surface area contributed by atoms with Crippen LogP contribution in [0.1, 0.15) is 47.7 Å². The second kappa shape index (κ2) is 6.43. The lowest BCUT2D eigenvalue weighted by Gasteiger charge is -2.17. The Morgan fingerprint density at radius 1 is 1.00 bits per heavy atom. The quantitative estimate of drug-likeness (QED) is 0.857. The molecule has 1 nitrogen and oxygen atoms in total. The molecule has 0 aromatic heterocycles. The lowest BCUT2D eigenvalue weighted by molar-refractivity contribution is 0.854. The molecular formula is C18H22ClN. The van der Waals surface area contributed by atoms with Crippen LogP contribution in [0.2, 0.25) is 5.02 Å². The van der Waals surface area contributed by atoms with Crippen LogP contribution in [0.25, 0.3) is 0 Å². The second-order valence-corrected chi connectivity index (χ2v) is 5.65. The summed E-state index contributed by atoms with van der Waals surface area (Å²) in [5.41, 5.74) is 12.7. The minimum Gasteiger partial charge on any atom is -0.320 e. The van der Waals surface area contributed by atoms with E-state index in [0.29, 0.717) is 0 Å². The monoisotopic (exact) mass is 287 g/mol. The summed E-state index contributed by atoms with van der Waals surface area (Å²) in [5, 5.41) is 0.758. The number of hydrogen-bond acceptors (Lipinski definition) is 1. The van der Waals surface area contributed by atoms with Crippen molar-refractivity contribution in [2.45, 2.75) is 39.7 Å². The zero-order chi connectivity index (χ0) is 14.7. The Kier molecular flexibility index (Phi) is 4.85. The number of hydrogen-bond donors (Lipinski definition) is 1. The van der Waals surface area contributed by atoms with Crippen LogP contribution in [-0.2, 0) is 12.8 Å². The highest BCUT2D eigenvalue weighted by Crippen LogP contribution is 2.26. The summed E-state index contributed by atoms with van der Waals surface area (Å²) >= 11 is 6.01. The van der Waals surface area contributed by atoms with Gasteiger partial charge in [-0.3, -0.25) is 0 Å². The largest absolute Gasteiger partial charge is 0.320 e. The minimum absolute atomic E-state index is 0.0940. The molecule has 2 aromatic rings. The van der Waals surface area contributed by atoms with Crippen molar-refractivity contribution >= 4 is 11.6 Å². The van der Waals surface area contributed by atoms with E-state index in [0.717, 1.165) is 29.0 Å². The first-order valence-electron chi connectivity index (χ1n) is 7.20. The van der Waals surface area contributed by atoms with Gasteiger partial charge in [0.25, 0.3) is 0 Å². The molecule has 1 atom stereocenters. The highest BCUT2D eigenvalue weighted by atomic mass is 35.5. The maximum absolute atomic E-state index is 6.44. The molecule has 0 bridgehead atoms. The molecule has 2 N–H and O–H groups in total. The van der Waals surface area contributed by atoms with Crippen molar-refractivity contribution in [3.8, 4) is 0 Å². The third-order valence-electron chi connectivity index (χ3n) is 3.92. The first kappa shape index (κ1) is 15.1. The molecule has 0 spiro atoms. The Labute approximate surface area is 126 Å². The van der Waals surface area contributed by atoms with Crippen molar-refractivity contribution in [1.82, 2.24) is 0 Å². The number of halogens is 1. The Morgan fingerprint density at radius 3 is 2.30 bits per heavy atom.